The van der Waals surface area contributed by atoms with Crippen LogP contribution in [0.15, 0.2) is 36.9 Å². The van der Waals surface area contributed by atoms with Gasteiger partial charge in [-0.05, 0) is 44.2 Å². The fraction of sp³-hybridized carbons (Fsp3) is 0.429. The number of allylic oxidation sites excluding steroid dienone is 1. The number of hydrogen-bond acceptors (Lipinski definition) is 3. The van der Waals surface area contributed by atoms with Gasteiger partial charge in [0.05, 0.1) is 12.3 Å². The smallest absolute Gasteiger partial charge is 0.269 e. The van der Waals surface area contributed by atoms with E-state index in [1.165, 1.54) is 4.68 Å². The number of hydrogen-bond donors (Lipinski definition) is 1. The average molecular weight is 373 g/mol. The number of nitrogens with one attached hydrogen (secondary N) is 1. The number of aromatic nitrogens is 2. The lowest BCUT2D eigenvalue weighted by Gasteiger charge is -2.11. The molecular formula is C21H28FN3O2. The summed E-state index contributed by atoms with van der Waals surface area (Å²) < 4.78 is 21.7. The van der Waals surface area contributed by atoms with E-state index in [1.54, 1.807) is 31.3 Å². The number of ether oxygens (including phenoxy) is 1. The molecule has 0 fully saturated rings. The summed E-state index contributed by atoms with van der Waals surface area (Å²) in [6.07, 6.45) is 6.59. The molecule has 0 aliphatic rings. The van der Waals surface area contributed by atoms with Gasteiger partial charge in [-0.25, -0.2) is 4.39 Å². The Bertz CT molecular complexity index is 771. The van der Waals surface area contributed by atoms with E-state index in [-0.39, 0.29) is 18.2 Å². The second kappa shape index (κ2) is 10.5. The first kappa shape index (κ1) is 20.7. The predicted octanol–water partition coefficient (Wildman–Crippen LogP) is 4.18. The molecule has 27 heavy (non-hydrogen) atoms. The van der Waals surface area contributed by atoms with Crippen LogP contribution in [-0.2, 0) is 20.0 Å². The minimum atomic E-state index is -0.428. The van der Waals surface area contributed by atoms with Gasteiger partial charge in [-0.3, -0.25) is 9.48 Å². The lowest BCUT2D eigenvalue weighted by molar-refractivity contribution is 0.0941. The van der Waals surface area contributed by atoms with Crippen LogP contribution in [0.2, 0.25) is 0 Å². The first-order chi connectivity index (χ1) is 13.1. The molecule has 0 bridgehead atoms. The number of nitrogens with zero attached hydrogens (tertiary/aromatic N) is 2. The van der Waals surface area contributed by atoms with Crippen molar-refractivity contribution in [1.29, 1.82) is 0 Å². The largest absolute Gasteiger partial charge is 0.491 e. The van der Waals surface area contributed by atoms with Gasteiger partial charge in [-0.2, -0.15) is 5.10 Å². The third-order valence-corrected chi connectivity index (χ3v) is 4.32. The average Bonchev–Trinajstić information content (AvgIpc) is 3.05. The number of carbonyl (C=O) groups excluding carboxylic acids is 1. The van der Waals surface area contributed by atoms with Gasteiger partial charge in [-0.1, -0.05) is 25.1 Å². The van der Waals surface area contributed by atoms with Crippen LogP contribution < -0.4 is 10.1 Å². The lowest BCUT2D eigenvalue weighted by atomic mass is 10.2. The zero-order valence-corrected chi connectivity index (χ0v) is 16.1. The van der Waals surface area contributed by atoms with Crippen LogP contribution in [0, 0.1) is 5.82 Å². The molecule has 0 spiro atoms. The van der Waals surface area contributed by atoms with E-state index >= 15 is 0 Å². The topological polar surface area (TPSA) is 56.1 Å². The summed E-state index contributed by atoms with van der Waals surface area (Å²) in [6, 6.07) is 6.74. The highest BCUT2D eigenvalue weighted by atomic mass is 19.1. The maximum Gasteiger partial charge on any atom is 0.269 e. The minimum absolute atomic E-state index is 0.0911. The van der Waals surface area contributed by atoms with Gasteiger partial charge < -0.3 is 10.1 Å². The summed E-state index contributed by atoms with van der Waals surface area (Å²) in [6.45, 7) is 6.23. The minimum Gasteiger partial charge on any atom is -0.491 e. The Morgan fingerprint density at radius 2 is 2.19 bits per heavy atom. The molecule has 0 unspecified atom stereocenters. The SMILES string of the molecule is C=CCCCCCOc1cccc(CNC(=O)c2cc(CC)nn2C)c1F. The first-order valence-electron chi connectivity index (χ1n) is 9.39. The Kier molecular flexibility index (Phi) is 8.04. The number of carbonyl (C=O) groups is 1. The second-order valence-electron chi connectivity index (χ2n) is 6.40. The van der Waals surface area contributed by atoms with Crippen LogP contribution in [-0.4, -0.2) is 22.3 Å². The second-order valence-corrected chi connectivity index (χ2v) is 6.40. The van der Waals surface area contributed by atoms with Crippen molar-refractivity contribution in [2.45, 2.75) is 45.6 Å². The molecule has 2 aromatic rings. The molecule has 0 aliphatic heterocycles. The highest BCUT2D eigenvalue weighted by Crippen LogP contribution is 2.21. The van der Waals surface area contributed by atoms with Crippen molar-refractivity contribution in [1.82, 2.24) is 15.1 Å². The summed E-state index contributed by atoms with van der Waals surface area (Å²) in [5, 5.41) is 7.00. The molecule has 1 heterocycles. The van der Waals surface area contributed by atoms with Gasteiger partial charge in [0.25, 0.3) is 5.91 Å². The van der Waals surface area contributed by atoms with E-state index in [2.05, 4.69) is 17.0 Å². The summed E-state index contributed by atoms with van der Waals surface area (Å²) in [5.41, 5.74) is 1.70. The molecule has 0 atom stereocenters. The highest BCUT2D eigenvalue weighted by molar-refractivity contribution is 5.92. The van der Waals surface area contributed by atoms with Crippen LogP contribution in [0.25, 0.3) is 0 Å². The van der Waals surface area contributed by atoms with E-state index in [9.17, 15) is 9.18 Å². The van der Waals surface area contributed by atoms with Crippen molar-refractivity contribution < 1.29 is 13.9 Å². The maximum atomic E-state index is 14.6. The van der Waals surface area contributed by atoms with Crippen molar-refractivity contribution in [3.63, 3.8) is 0 Å². The zero-order chi connectivity index (χ0) is 19.6. The number of aryl methyl sites for hydroxylation is 2. The molecule has 5 nitrogen and oxygen atoms in total. The standard InChI is InChI=1S/C21H28FN3O2/c1-4-6-7-8-9-13-27-19-12-10-11-16(20(19)22)15-23-21(26)18-14-17(5-2)24-25(18)3/h4,10-12,14H,1,5-9,13,15H2,2-3H3,(H,23,26). The van der Waals surface area contributed by atoms with Crippen LogP contribution in [0.3, 0.4) is 0 Å². The van der Waals surface area contributed by atoms with Gasteiger partial charge in [0.15, 0.2) is 11.6 Å². The number of amides is 1. The number of unbranched alkanes of at least 4 members (excludes halogenated alkanes) is 3. The van der Waals surface area contributed by atoms with E-state index in [0.29, 0.717) is 17.9 Å². The Labute approximate surface area is 160 Å². The molecular weight excluding hydrogens is 345 g/mol. The molecule has 1 aromatic carbocycles. The van der Waals surface area contributed by atoms with Gasteiger partial charge >= 0.3 is 0 Å². The quantitative estimate of drug-likeness (QED) is 0.475. The molecule has 0 radical (unpaired) electrons. The van der Waals surface area contributed by atoms with E-state index in [4.69, 9.17) is 4.74 Å². The molecule has 0 saturated carbocycles. The van der Waals surface area contributed by atoms with Gasteiger partial charge in [0, 0.05) is 19.2 Å². The van der Waals surface area contributed by atoms with Crippen LogP contribution >= 0.6 is 0 Å². The fourth-order valence-electron chi connectivity index (χ4n) is 2.73. The Morgan fingerprint density at radius 3 is 2.89 bits per heavy atom. The fourth-order valence-corrected chi connectivity index (χ4v) is 2.73. The van der Waals surface area contributed by atoms with Crippen LogP contribution in [0.4, 0.5) is 4.39 Å². The van der Waals surface area contributed by atoms with Crippen molar-refractivity contribution in [3.05, 3.63) is 59.7 Å². The number of halogens is 1. The Balaban J connectivity index is 1.90. The van der Waals surface area contributed by atoms with E-state index in [1.807, 2.05) is 13.0 Å². The van der Waals surface area contributed by atoms with Crippen LogP contribution in [0.1, 0.15) is 54.4 Å². The lowest BCUT2D eigenvalue weighted by Crippen LogP contribution is -2.25. The van der Waals surface area contributed by atoms with Crippen LogP contribution in [0.5, 0.6) is 5.75 Å². The molecule has 2 rings (SSSR count). The molecule has 1 aromatic heterocycles. The summed E-state index contributed by atoms with van der Waals surface area (Å²) >= 11 is 0. The van der Waals surface area contributed by atoms with Crippen molar-refractivity contribution in [2.24, 2.45) is 7.05 Å². The predicted molar refractivity (Wildman–Crippen MR) is 104 cm³/mol. The summed E-state index contributed by atoms with van der Waals surface area (Å²) in [4.78, 5) is 12.3. The molecule has 1 N–H and O–H groups in total. The van der Waals surface area contributed by atoms with Crippen molar-refractivity contribution in [2.75, 3.05) is 6.61 Å². The zero-order valence-electron chi connectivity index (χ0n) is 16.1. The molecule has 146 valence electrons. The van der Waals surface area contributed by atoms with Gasteiger partial charge in [-0.15, -0.1) is 6.58 Å². The molecule has 0 aliphatic carbocycles. The highest BCUT2D eigenvalue weighted by Gasteiger charge is 2.14. The molecule has 0 saturated heterocycles. The van der Waals surface area contributed by atoms with E-state index < -0.39 is 5.82 Å². The van der Waals surface area contributed by atoms with Crippen molar-refractivity contribution >= 4 is 5.91 Å². The van der Waals surface area contributed by atoms with Crippen molar-refractivity contribution in [3.8, 4) is 5.75 Å². The third-order valence-electron chi connectivity index (χ3n) is 4.32. The van der Waals surface area contributed by atoms with Gasteiger partial charge in [0.1, 0.15) is 5.69 Å². The normalized spacial score (nSPS) is 10.6. The number of rotatable bonds is 11. The summed E-state index contributed by atoms with van der Waals surface area (Å²) in [5.74, 6) is -0.486. The molecule has 1 amide bonds. The monoisotopic (exact) mass is 373 g/mol. The maximum absolute atomic E-state index is 14.6. The summed E-state index contributed by atoms with van der Waals surface area (Å²) in [7, 11) is 1.72. The van der Waals surface area contributed by atoms with Gasteiger partial charge in [0.2, 0.25) is 0 Å². The number of benzene rings is 1. The Morgan fingerprint density at radius 1 is 1.37 bits per heavy atom. The molecule has 6 heteroatoms. The first-order valence-corrected chi connectivity index (χ1v) is 9.39. The third kappa shape index (κ3) is 5.94. The van der Waals surface area contributed by atoms with E-state index in [0.717, 1.165) is 37.8 Å². The Hall–Kier alpha value is -2.63.